The summed E-state index contributed by atoms with van der Waals surface area (Å²) in [6.07, 6.45) is 8.98. The predicted molar refractivity (Wildman–Crippen MR) is 66.0 cm³/mol. The van der Waals surface area contributed by atoms with Gasteiger partial charge in [0.15, 0.2) is 0 Å². The first-order chi connectivity index (χ1) is 7.84. The minimum Gasteiger partial charge on any atom is -0.461 e. The highest BCUT2D eigenvalue weighted by Crippen LogP contribution is 2.38. The number of fused-ring (bicyclic) bond motifs is 3. The molecule has 1 heteroatoms. The van der Waals surface area contributed by atoms with E-state index in [2.05, 4.69) is 18.7 Å². The summed E-state index contributed by atoms with van der Waals surface area (Å²) in [7, 11) is 0. The van der Waals surface area contributed by atoms with Gasteiger partial charge in [0.2, 0.25) is 0 Å². The first-order valence-corrected chi connectivity index (χ1v) is 5.37. The quantitative estimate of drug-likeness (QED) is 0.629. The molecule has 0 saturated heterocycles. The fraction of sp³-hybridized carbons (Fsp3) is 0.0667. The van der Waals surface area contributed by atoms with E-state index in [0.717, 1.165) is 29.1 Å². The van der Waals surface area contributed by atoms with Gasteiger partial charge in [-0.3, -0.25) is 0 Å². The van der Waals surface area contributed by atoms with Crippen LogP contribution in [0.3, 0.4) is 0 Å². The topological polar surface area (TPSA) is 9.23 Å². The van der Waals surface area contributed by atoms with Crippen LogP contribution in [0.15, 0.2) is 66.5 Å². The van der Waals surface area contributed by atoms with E-state index < -0.39 is 0 Å². The minimum atomic E-state index is 0.820. The Kier molecular flexibility index (Phi) is 2.03. The Bertz CT molecular complexity index is 544. The standard InChI is InChI=1S/C15H12O/c1-11-12-6-2-3-7-13(10-12)16-15-9-5-4-8-14(11)15/h2-9H,1,10H2. The van der Waals surface area contributed by atoms with Crippen LogP contribution in [0.25, 0.3) is 5.57 Å². The Morgan fingerprint density at radius 3 is 2.81 bits per heavy atom. The normalized spacial score (nSPS) is 17.6. The summed E-state index contributed by atoms with van der Waals surface area (Å²) in [6, 6.07) is 8.05. The van der Waals surface area contributed by atoms with Crippen LogP contribution < -0.4 is 4.74 Å². The van der Waals surface area contributed by atoms with E-state index in [-0.39, 0.29) is 0 Å². The van der Waals surface area contributed by atoms with Crippen molar-refractivity contribution in [3.63, 3.8) is 0 Å². The number of allylic oxidation sites excluding steroid dienone is 6. The Morgan fingerprint density at radius 2 is 1.88 bits per heavy atom. The zero-order valence-corrected chi connectivity index (χ0v) is 8.94. The van der Waals surface area contributed by atoms with Crippen molar-refractivity contribution in [1.82, 2.24) is 0 Å². The van der Waals surface area contributed by atoms with Crippen molar-refractivity contribution < 1.29 is 4.74 Å². The van der Waals surface area contributed by atoms with E-state index in [0.29, 0.717) is 0 Å². The SMILES string of the molecule is C=C1C2=CC=CC=C(C2)Oc2ccccc21. The highest BCUT2D eigenvalue weighted by Gasteiger charge is 2.18. The van der Waals surface area contributed by atoms with Crippen molar-refractivity contribution in [2.75, 3.05) is 0 Å². The maximum absolute atomic E-state index is 5.89. The van der Waals surface area contributed by atoms with E-state index in [1.54, 1.807) is 0 Å². The van der Waals surface area contributed by atoms with E-state index >= 15 is 0 Å². The predicted octanol–water partition coefficient (Wildman–Crippen LogP) is 3.86. The Morgan fingerprint density at radius 1 is 1.06 bits per heavy atom. The molecule has 0 saturated carbocycles. The van der Waals surface area contributed by atoms with Gasteiger partial charge in [0.05, 0.1) is 0 Å². The summed E-state index contributed by atoms with van der Waals surface area (Å²) in [6.45, 7) is 4.17. The molecule has 0 atom stereocenters. The molecule has 2 bridgehead atoms. The molecule has 2 aliphatic rings. The molecule has 0 fully saturated rings. The molecule has 3 rings (SSSR count). The number of rotatable bonds is 0. The molecule has 78 valence electrons. The average Bonchev–Trinajstić information content (AvgIpc) is 2.61. The van der Waals surface area contributed by atoms with Crippen molar-refractivity contribution in [3.8, 4) is 5.75 Å². The van der Waals surface area contributed by atoms with Crippen LogP contribution in [0, 0.1) is 0 Å². The highest BCUT2D eigenvalue weighted by molar-refractivity contribution is 5.82. The zero-order valence-electron chi connectivity index (χ0n) is 8.94. The Hall–Kier alpha value is -2.02. The van der Waals surface area contributed by atoms with Gasteiger partial charge < -0.3 is 4.74 Å². The fourth-order valence-electron chi connectivity index (χ4n) is 2.04. The summed E-state index contributed by atoms with van der Waals surface area (Å²) >= 11 is 0. The van der Waals surface area contributed by atoms with Gasteiger partial charge in [-0.1, -0.05) is 43.0 Å². The van der Waals surface area contributed by atoms with Gasteiger partial charge >= 0.3 is 0 Å². The highest BCUT2D eigenvalue weighted by atomic mass is 16.5. The Balaban J connectivity index is 2.22. The molecule has 1 aromatic carbocycles. The van der Waals surface area contributed by atoms with Crippen LogP contribution in [-0.4, -0.2) is 0 Å². The molecule has 1 aliphatic heterocycles. The lowest BCUT2D eigenvalue weighted by Gasteiger charge is -2.07. The van der Waals surface area contributed by atoms with E-state index in [4.69, 9.17) is 4.74 Å². The maximum Gasteiger partial charge on any atom is 0.134 e. The first-order valence-electron chi connectivity index (χ1n) is 5.37. The molecule has 16 heavy (non-hydrogen) atoms. The molecular weight excluding hydrogens is 196 g/mol. The van der Waals surface area contributed by atoms with Crippen LogP contribution in [0.2, 0.25) is 0 Å². The first kappa shape index (κ1) is 9.22. The smallest absolute Gasteiger partial charge is 0.134 e. The average molecular weight is 208 g/mol. The summed E-state index contributed by atoms with van der Waals surface area (Å²) in [5, 5.41) is 0. The fourth-order valence-corrected chi connectivity index (χ4v) is 2.04. The molecule has 0 spiro atoms. The van der Waals surface area contributed by atoms with Gasteiger partial charge in [0.25, 0.3) is 0 Å². The molecule has 1 heterocycles. The summed E-state index contributed by atoms with van der Waals surface area (Å²) in [5.41, 5.74) is 3.38. The van der Waals surface area contributed by atoms with Gasteiger partial charge in [-0.05, 0) is 23.3 Å². The van der Waals surface area contributed by atoms with Crippen molar-refractivity contribution in [2.45, 2.75) is 6.42 Å². The van der Waals surface area contributed by atoms with E-state index in [1.807, 2.05) is 36.4 Å². The van der Waals surface area contributed by atoms with Crippen molar-refractivity contribution >= 4 is 5.57 Å². The Labute approximate surface area is 95.1 Å². The molecule has 0 N–H and O–H groups in total. The second kappa shape index (κ2) is 3.53. The number of hydrogen-bond acceptors (Lipinski definition) is 1. The van der Waals surface area contributed by atoms with Gasteiger partial charge in [0, 0.05) is 12.0 Å². The van der Waals surface area contributed by atoms with Crippen LogP contribution in [-0.2, 0) is 0 Å². The van der Waals surface area contributed by atoms with Crippen molar-refractivity contribution in [2.24, 2.45) is 0 Å². The largest absolute Gasteiger partial charge is 0.461 e. The van der Waals surface area contributed by atoms with Gasteiger partial charge in [0.1, 0.15) is 11.5 Å². The third-order valence-electron chi connectivity index (χ3n) is 2.90. The van der Waals surface area contributed by atoms with Crippen LogP contribution in [0.5, 0.6) is 5.75 Å². The molecule has 1 aromatic rings. The van der Waals surface area contributed by atoms with E-state index in [1.165, 1.54) is 5.57 Å². The third-order valence-corrected chi connectivity index (χ3v) is 2.90. The zero-order chi connectivity index (χ0) is 11.0. The molecular formula is C15H12O. The lowest BCUT2D eigenvalue weighted by Crippen LogP contribution is -1.93. The second-order valence-electron chi connectivity index (χ2n) is 3.96. The summed E-state index contributed by atoms with van der Waals surface area (Å²) in [5.74, 6) is 1.88. The van der Waals surface area contributed by atoms with Crippen LogP contribution in [0.4, 0.5) is 0 Å². The van der Waals surface area contributed by atoms with Crippen molar-refractivity contribution in [1.29, 1.82) is 0 Å². The lowest BCUT2D eigenvalue weighted by atomic mass is 9.97. The lowest BCUT2D eigenvalue weighted by molar-refractivity contribution is 0.417. The van der Waals surface area contributed by atoms with Crippen LogP contribution >= 0.6 is 0 Å². The molecule has 0 aromatic heterocycles. The maximum atomic E-state index is 5.89. The van der Waals surface area contributed by atoms with Gasteiger partial charge in [-0.15, -0.1) is 0 Å². The molecule has 1 nitrogen and oxygen atoms in total. The number of hydrogen-bond donors (Lipinski definition) is 0. The summed E-state index contributed by atoms with van der Waals surface area (Å²) in [4.78, 5) is 0. The number of benzene rings is 1. The van der Waals surface area contributed by atoms with Crippen LogP contribution in [0.1, 0.15) is 12.0 Å². The second-order valence-corrected chi connectivity index (χ2v) is 3.96. The van der Waals surface area contributed by atoms with Gasteiger partial charge in [-0.2, -0.15) is 0 Å². The van der Waals surface area contributed by atoms with Gasteiger partial charge in [-0.25, -0.2) is 0 Å². The molecule has 1 aliphatic carbocycles. The third kappa shape index (κ3) is 1.41. The number of ether oxygens (including phenoxy) is 1. The molecule has 0 unspecified atom stereocenters. The summed E-state index contributed by atoms with van der Waals surface area (Å²) < 4.78 is 5.89. The molecule has 0 radical (unpaired) electrons. The van der Waals surface area contributed by atoms with Crippen molar-refractivity contribution in [3.05, 3.63) is 72.0 Å². The number of para-hydroxylation sites is 1. The monoisotopic (exact) mass is 208 g/mol. The molecule has 0 amide bonds. The van der Waals surface area contributed by atoms with E-state index in [9.17, 15) is 0 Å². The minimum absolute atomic E-state index is 0.820.